The molecule has 0 atom stereocenters. The molecule has 0 radical (unpaired) electrons. The van der Waals surface area contributed by atoms with Crippen LogP contribution in [0.3, 0.4) is 0 Å². The number of pyridine rings is 1. The maximum Gasteiger partial charge on any atom is 0.410 e. The summed E-state index contributed by atoms with van der Waals surface area (Å²) in [5.74, 6) is 0.0430. The molecule has 6 nitrogen and oxygen atoms in total. The lowest BCUT2D eigenvalue weighted by Gasteiger charge is -2.33. The van der Waals surface area contributed by atoms with E-state index in [0.29, 0.717) is 36.8 Å². The van der Waals surface area contributed by atoms with Gasteiger partial charge in [0.15, 0.2) is 0 Å². The second-order valence-electron chi connectivity index (χ2n) is 9.21. The lowest BCUT2D eigenvalue weighted by molar-refractivity contribution is 0.0205. The predicted molar refractivity (Wildman–Crippen MR) is 119 cm³/mol. The van der Waals surface area contributed by atoms with Gasteiger partial charge in [0.05, 0.1) is 17.8 Å². The quantitative estimate of drug-likeness (QED) is 0.606. The molecule has 0 aliphatic carbocycles. The Hall–Kier alpha value is -3.09. The number of fused-ring (bicyclic) bond motifs is 1. The standard InChI is InChI=1S/C24H29FN4O2/c1-24(2,3)31-23(30)28-9-6-16(7-10-28)18-4-5-20(27-14-18)15-29-11-8-17-12-19(26)13-21(25)22(17)29/h4-5,8,11-14,16H,6-7,9-10,15,26H2,1-3H3. The van der Waals surface area contributed by atoms with Crippen LogP contribution >= 0.6 is 0 Å². The van der Waals surface area contributed by atoms with Crippen molar-refractivity contribution < 1.29 is 13.9 Å². The van der Waals surface area contributed by atoms with Crippen LogP contribution in [0.2, 0.25) is 0 Å². The Kier molecular flexibility index (Phi) is 5.60. The van der Waals surface area contributed by atoms with E-state index in [1.165, 1.54) is 11.6 Å². The highest BCUT2D eigenvalue weighted by Gasteiger charge is 2.27. The summed E-state index contributed by atoms with van der Waals surface area (Å²) in [6.45, 7) is 7.49. The second-order valence-corrected chi connectivity index (χ2v) is 9.21. The third-order valence-electron chi connectivity index (χ3n) is 5.63. The zero-order valence-corrected chi connectivity index (χ0v) is 18.3. The van der Waals surface area contributed by atoms with Crippen molar-refractivity contribution in [3.8, 4) is 0 Å². The Morgan fingerprint density at radius 1 is 1.23 bits per heavy atom. The Labute approximate surface area is 181 Å². The number of piperidine rings is 1. The van der Waals surface area contributed by atoms with E-state index in [1.54, 1.807) is 11.0 Å². The third-order valence-corrected chi connectivity index (χ3v) is 5.63. The van der Waals surface area contributed by atoms with E-state index in [2.05, 4.69) is 11.1 Å². The largest absolute Gasteiger partial charge is 0.444 e. The number of aromatic nitrogens is 2. The number of nitrogen functional groups attached to an aromatic ring is 1. The van der Waals surface area contributed by atoms with Gasteiger partial charge in [-0.25, -0.2) is 9.18 Å². The zero-order chi connectivity index (χ0) is 22.2. The number of nitrogens with two attached hydrogens (primary N) is 1. The second kappa shape index (κ2) is 8.21. The minimum Gasteiger partial charge on any atom is -0.444 e. The molecule has 3 heterocycles. The molecule has 0 unspecified atom stereocenters. The first-order valence-electron chi connectivity index (χ1n) is 10.7. The van der Waals surface area contributed by atoms with Crippen LogP contribution in [0.1, 0.15) is 50.8 Å². The number of likely N-dealkylation sites (tertiary alicyclic amines) is 1. The Balaban J connectivity index is 1.39. The monoisotopic (exact) mass is 424 g/mol. The minimum atomic E-state index is -0.478. The highest BCUT2D eigenvalue weighted by atomic mass is 19.1. The molecule has 0 spiro atoms. The van der Waals surface area contributed by atoms with Gasteiger partial charge in [0, 0.05) is 36.6 Å². The molecule has 0 saturated carbocycles. The topological polar surface area (TPSA) is 73.4 Å². The molecule has 1 amide bonds. The molecule has 2 aromatic heterocycles. The number of benzene rings is 1. The molecule has 164 valence electrons. The molecule has 4 rings (SSSR count). The maximum absolute atomic E-state index is 14.4. The molecule has 1 aliphatic heterocycles. The smallest absolute Gasteiger partial charge is 0.410 e. The van der Waals surface area contributed by atoms with Gasteiger partial charge in [-0.3, -0.25) is 4.98 Å². The van der Waals surface area contributed by atoms with E-state index in [-0.39, 0.29) is 11.9 Å². The minimum absolute atomic E-state index is 0.243. The fraction of sp³-hybridized carbons (Fsp3) is 0.417. The van der Waals surface area contributed by atoms with Crippen LogP contribution in [0.15, 0.2) is 42.7 Å². The summed E-state index contributed by atoms with van der Waals surface area (Å²) in [5, 5.41) is 0.783. The molecule has 1 aromatic carbocycles. The number of rotatable bonds is 3. The summed E-state index contributed by atoms with van der Waals surface area (Å²) >= 11 is 0. The Morgan fingerprint density at radius 2 is 1.97 bits per heavy atom. The fourth-order valence-electron chi connectivity index (χ4n) is 4.12. The normalized spacial score (nSPS) is 15.4. The van der Waals surface area contributed by atoms with E-state index in [9.17, 15) is 9.18 Å². The lowest BCUT2D eigenvalue weighted by Crippen LogP contribution is -2.41. The molecule has 31 heavy (non-hydrogen) atoms. The van der Waals surface area contributed by atoms with E-state index >= 15 is 0 Å². The summed E-state index contributed by atoms with van der Waals surface area (Å²) in [4.78, 5) is 18.6. The molecule has 2 N–H and O–H groups in total. The van der Waals surface area contributed by atoms with Crippen molar-refractivity contribution in [2.45, 2.75) is 51.7 Å². The van der Waals surface area contributed by atoms with Crippen molar-refractivity contribution in [3.63, 3.8) is 0 Å². The number of anilines is 1. The summed E-state index contributed by atoms with van der Waals surface area (Å²) in [7, 11) is 0. The van der Waals surface area contributed by atoms with Gasteiger partial charge in [-0.05, 0) is 69.4 Å². The number of hydrogen-bond donors (Lipinski definition) is 1. The molecule has 1 aliphatic rings. The first-order chi connectivity index (χ1) is 14.7. The van der Waals surface area contributed by atoms with E-state index in [1.807, 2.05) is 49.9 Å². The van der Waals surface area contributed by atoms with Gasteiger partial charge < -0.3 is 19.9 Å². The van der Waals surface area contributed by atoms with Gasteiger partial charge >= 0.3 is 6.09 Å². The van der Waals surface area contributed by atoms with Crippen LogP contribution in [-0.2, 0) is 11.3 Å². The van der Waals surface area contributed by atoms with Crippen LogP contribution in [0, 0.1) is 5.82 Å². The van der Waals surface area contributed by atoms with Gasteiger partial charge in [0.1, 0.15) is 11.4 Å². The average Bonchev–Trinajstić information content (AvgIpc) is 3.10. The SMILES string of the molecule is CC(C)(C)OC(=O)N1CCC(c2ccc(Cn3ccc4cc(N)cc(F)c43)nc2)CC1. The highest BCUT2D eigenvalue weighted by Crippen LogP contribution is 2.29. The van der Waals surface area contributed by atoms with Gasteiger partial charge in [0.25, 0.3) is 0 Å². The number of hydrogen-bond acceptors (Lipinski definition) is 4. The van der Waals surface area contributed by atoms with E-state index in [0.717, 1.165) is 23.9 Å². The van der Waals surface area contributed by atoms with Crippen molar-refractivity contribution in [2.75, 3.05) is 18.8 Å². The summed E-state index contributed by atoms with van der Waals surface area (Å²) < 4.78 is 21.7. The molecule has 1 saturated heterocycles. The Bertz CT molecular complexity index is 1080. The van der Waals surface area contributed by atoms with E-state index < -0.39 is 5.60 Å². The van der Waals surface area contributed by atoms with Gasteiger partial charge in [-0.2, -0.15) is 0 Å². The number of carbonyl (C=O) groups excluding carboxylic acids is 1. The van der Waals surface area contributed by atoms with E-state index in [4.69, 9.17) is 10.5 Å². The lowest BCUT2D eigenvalue weighted by atomic mass is 9.90. The number of carbonyl (C=O) groups is 1. The first kappa shape index (κ1) is 21.2. The van der Waals surface area contributed by atoms with Crippen molar-refractivity contribution in [1.82, 2.24) is 14.5 Å². The van der Waals surface area contributed by atoms with Gasteiger partial charge in [-0.1, -0.05) is 6.07 Å². The van der Waals surface area contributed by atoms with Crippen molar-refractivity contribution in [1.29, 1.82) is 0 Å². The Morgan fingerprint density at radius 3 is 2.61 bits per heavy atom. The van der Waals surface area contributed by atoms with Crippen LogP contribution in [0.25, 0.3) is 10.9 Å². The van der Waals surface area contributed by atoms with Gasteiger partial charge in [-0.15, -0.1) is 0 Å². The molecule has 0 bridgehead atoms. The average molecular weight is 425 g/mol. The molecule has 1 fully saturated rings. The van der Waals surface area contributed by atoms with Crippen molar-refractivity contribution in [2.24, 2.45) is 0 Å². The van der Waals surface area contributed by atoms with Crippen LogP contribution in [-0.4, -0.2) is 39.2 Å². The van der Waals surface area contributed by atoms with Gasteiger partial charge in [0.2, 0.25) is 0 Å². The summed E-state index contributed by atoms with van der Waals surface area (Å²) in [6, 6.07) is 9.07. The van der Waals surface area contributed by atoms with Crippen molar-refractivity contribution >= 4 is 22.7 Å². The third kappa shape index (κ3) is 4.81. The van der Waals surface area contributed by atoms with Crippen LogP contribution in [0.5, 0.6) is 0 Å². The van der Waals surface area contributed by atoms with Crippen molar-refractivity contribution in [3.05, 3.63) is 59.8 Å². The number of amides is 1. The number of nitrogens with zero attached hydrogens (tertiary/aromatic N) is 3. The molecular formula is C24H29FN4O2. The molecule has 3 aromatic rings. The van der Waals surface area contributed by atoms with Crippen LogP contribution < -0.4 is 5.73 Å². The first-order valence-corrected chi connectivity index (χ1v) is 10.7. The highest BCUT2D eigenvalue weighted by molar-refractivity contribution is 5.84. The maximum atomic E-state index is 14.4. The predicted octanol–water partition coefficient (Wildman–Crippen LogP) is 4.92. The molecular weight excluding hydrogens is 395 g/mol. The summed E-state index contributed by atoms with van der Waals surface area (Å²) in [6.07, 6.45) is 5.29. The fourth-order valence-corrected chi connectivity index (χ4v) is 4.12. The number of halogens is 1. The summed E-state index contributed by atoms with van der Waals surface area (Å²) in [5.41, 5.74) is 8.25. The number of ether oxygens (including phenoxy) is 1. The zero-order valence-electron chi connectivity index (χ0n) is 18.3. The van der Waals surface area contributed by atoms with Crippen LogP contribution in [0.4, 0.5) is 14.9 Å². The molecule has 7 heteroatoms.